The minimum atomic E-state index is -0.637. The highest BCUT2D eigenvalue weighted by Gasteiger charge is 2.23. The van der Waals surface area contributed by atoms with Gasteiger partial charge in [0.15, 0.2) is 6.61 Å². The molecule has 7 heteroatoms. The third-order valence-corrected chi connectivity index (χ3v) is 5.11. The number of hydrogen-bond acceptors (Lipinski definition) is 4. The quantitative estimate of drug-likeness (QED) is 0.603. The van der Waals surface area contributed by atoms with Crippen molar-refractivity contribution in [2.75, 3.05) is 19.7 Å². The summed E-state index contributed by atoms with van der Waals surface area (Å²) in [7, 11) is 0. The van der Waals surface area contributed by atoms with Gasteiger partial charge in [0.1, 0.15) is 17.1 Å². The van der Waals surface area contributed by atoms with Crippen molar-refractivity contribution in [3.8, 4) is 16.9 Å². The lowest BCUT2D eigenvalue weighted by atomic mass is 10.1. The van der Waals surface area contributed by atoms with E-state index in [9.17, 15) is 14.0 Å². The molecule has 0 spiro atoms. The van der Waals surface area contributed by atoms with Crippen LogP contribution in [0.1, 0.15) is 29.6 Å². The van der Waals surface area contributed by atoms with E-state index in [1.807, 2.05) is 30.3 Å². The molecule has 0 bridgehead atoms. The topological polar surface area (TPSA) is 64.4 Å². The minimum absolute atomic E-state index is 0.193. The summed E-state index contributed by atoms with van der Waals surface area (Å²) in [5.74, 6) is -1.21. The molecule has 1 saturated heterocycles. The first-order chi connectivity index (χ1) is 14.6. The zero-order valence-electron chi connectivity index (χ0n) is 16.5. The van der Waals surface area contributed by atoms with Crippen molar-refractivity contribution >= 4 is 11.9 Å². The fourth-order valence-electron chi connectivity index (χ4n) is 3.50. The van der Waals surface area contributed by atoms with E-state index >= 15 is 0 Å². The van der Waals surface area contributed by atoms with Crippen molar-refractivity contribution < 1.29 is 18.7 Å². The molecule has 6 nitrogen and oxygen atoms in total. The number of ether oxygens (including phenoxy) is 1. The molecule has 1 aliphatic rings. The Hall–Kier alpha value is -3.48. The number of benzene rings is 2. The number of likely N-dealkylation sites (tertiary alicyclic amines) is 1. The SMILES string of the molecule is O=C(OCC(=O)N1CCCCC1)c1cn(-c2ccccc2)nc1-c1ccc(F)cc1. The van der Waals surface area contributed by atoms with Crippen LogP contribution in [0.5, 0.6) is 0 Å². The first-order valence-corrected chi connectivity index (χ1v) is 9.98. The molecule has 2 heterocycles. The van der Waals surface area contributed by atoms with Gasteiger partial charge in [-0.1, -0.05) is 18.2 Å². The fourth-order valence-corrected chi connectivity index (χ4v) is 3.50. The number of hydrogen-bond donors (Lipinski definition) is 0. The van der Waals surface area contributed by atoms with E-state index in [-0.39, 0.29) is 23.9 Å². The van der Waals surface area contributed by atoms with Crippen LogP contribution in [0.15, 0.2) is 60.8 Å². The number of piperidine rings is 1. The third-order valence-electron chi connectivity index (χ3n) is 5.11. The average molecular weight is 407 g/mol. The lowest BCUT2D eigenvalue weighted by molar-refractivity contribution is -0.135. The van der Waals surface area contributed by atoms with Gasteiger partial charge in [0.05, 0.1) is 5.69 Å². The van der Waals surface area contributed by atoms with Gasteiger partial charge in [-0.15, -0.1) is 0 Å². The van der Waals surface area contributed by atoms with E-state index in [0.29, 0.717) is 24.3 Å². The van der Waals surface area contributed by atoms with Crippen molar-refractivity contribution in [3.63, 3.8) is 0 Å². The van der Waals surface area contributed by atoms with E-state index in [4.69, 9.17) is 4.74 Å². The lowest BCUT2D eigenvalue weighted by Crippen LogP contribution is -2.38. The van der Waals surface area contributed by atoms with Gasteiger partial charge in [0.2, 0.25) is 0 Å². The summed E-state index contributed by atoms with van der Waals surface area (Å²) in [6, 6.07) is 15.1. The maximum absolute atomic E-state index is 13.4. The Bertz CT molecular complexity index is 1030. The Labute approximate surface area is 173 Å². The van der Waals surface area contributed by atoms with Crippen molar-refractivity contribution in [2.45, 2.75) is 19.3 Å². The first kappa shape index (κ1) is 19.8. The number of halogens is 1. The summed E-state index contributed by atoms with van der Waals surface area (Å²) < 4.78 is 20.3. The van der Waals surface area contributed by atoms with Crippen LogP contribution >= 0.6 is 0 Å². The monoisotopic (exact) mass is 407 g/mol. The molecule has 1 amide bonds. The van der Waals surface area contributed by atoms with Crippen LogP contribution in [-0.4, -0.2) is 46.3 Å². The molecule has 0 aliphatic carbocycles. The van der Waals surface area contributed by atoms with Gasteiger partial charge >= 0.3 is 5.97 Å². The number of esters is 1. The van der Waals surface area contributed by atoms with Crippen molar-refractivity contribution in [1.29, 1.82) is 0 Å². The summed E-state index contributed by atoms with van der Waals surface area (Å²) in [4.78, 5) is 26.9. The molecule has 1 fully saturated rings. The van der Waals surface area contributed by atoms with E-state index in [1.54, 1.807) is 27.9 Å². The average Bonchev–Trinajstić information content (AvgIpc) is 3.24. The van der Waals surface area contributed by atoms with Crippen molar-refractivity contribution in [2.24, 2.45) is 0 Å². The molecule has 1 aromatic heterocycles. The number of para-hydroxylation sites is 1. The molecule has 4 rings (SSSR count). The number of amides is 1. The minimum Gasteiger partial charge on any atom is -0.452 e. The molecule has 3 aromatic rings. The number of nitrogens with zero attached hydrogens (tertiary/aromatic N) is 3. The van der Waals surface area contributed by atoms with Gasteiger partial charge in [-0.25, -0.2) is 13.9 Å². The summed E-state index contributed by atoms with van der Waals surface area (Å²) in [5.41, 5.74) is 1.94. The Morgan fingerprint density at radius 2 is 1.67 bits per heavy atom. The van der Waals surface area contributed by atoms with E-state index in [2.05, 4.69) is 5.10 Å². The van der Waals surface area contributed by atoms with Gasteiger partial charge in [0.25, 0.3) is 5.91 Å². The predicted molar refractivity (Wildman–Crippen MR) is 110 cm³/mol. The molecule has 30 heavy (non-hydrogen) atoms. The largest absolute Gasteiger partial charge is 0.452 e. The van der Waals surface area contributed by atoms with Gasteiger partial charge in [-0.05, 0) is 55.7 Å². The van der Waals surface area contributed by atoms with Gasteiger partial charge in [-0.2, -0.15) is 5.10 Å². The third kappa shape index (κ3) is 4.40. The highest BCUT2D eigenvalue weighted by molar-refractivity contribution is 5.97. The Kier molecular flexibility index (Phi) is 5.88. The second-order valence-corrected chi connectivity index (χ2v) is 7.20. The molecule has 154 valence electrons. The second-order valence-electron chi connectivity index (χ2n) is 7.20. The summed E-state index contributed by atoms with van der Waals surface area (Å²) in [5, 5.41) is 4.52. The number of carbonyl (C=O) groups excluding carboxylic acids is 2. The number of carbonyl (C=O) groups is 2. The van der Waals surface area contributed by atoms with E-state index < -0.39 is 5.97 Å². The van der Waals surface area contributed by atoms with Crippen LogP contribution in [0, 0.1) is 5.82 Å². The molecule has 0 N–H and O–H groups in total. The first-order valence-electron chi connectivity index (χ1n) is 9.98. The second kappa shape index (κ2) is 8.90. The molecular weight excluding hydrogens is 385 g/mol. The highest BCUT2D eigenvalue weighted by atomic mass is 19.1. The normalized spacial score (nSPS) is 13.8. The summed E-state index contributed by atoms with van der Waals surface area (Å²) in [6.45, 7) is 1.09. The van der Waals surface area contributed by atoms with Crippen LogP contribution < -0.4 is 0 Å². The summed E-state index contributed by atoms with van der Waals surface area (Å²) in [6.07, 6.45) is 4.63. The van der Waals surface area contributed by atoms with Gasteiger partial charge in [0, 0.05) is 24.8 Å². The molecular formula is C23H22FN3O3. The van der Waals surface area contributed by atoms with E-state index in [1.165, 1.54) is 12.1 Å². The molecule has 0 atom stereocenters. The van der Waals surface area contributed by atoms with Crippen LogP contribution in [0.25, 0.3) is 16.9 Å². The zero-order valence-corrected chi connectivity index (χ0v) is 16.5. The smallest absolute Gasteiger partial charge is 0.342 e. The molecule has 0 unspecified atom stereocenters. The molecule has 2 aromatic carbocycles. The van der Waals surface area contributed by atoms with Crippen LogP contribution in [-0.2, 0) is 9.53 Å². The number of aromatic nitrogens is 2. The number of rotatable bonds is 5. The van der Waals surface area contributed by atoms with Crippen LogP contribution in [0.4, 0.5) is 4.39 Å². The highest BCUT2D eigenvalue weighted by Crippen LogP contribution is 2.25. The van der Waals surface area contributed by atoms with Gasteiger partial charge < -0.3 is 9.64 Å². The van der Waals surface area contributed by atoms with Gasteiger partial charge in [-0.3, -0.25) is 4.79 Å². The molecule has 1 aliphatic heterocycles. The predicted octanol–water partition coefficient (Wildman–Crippen LogP) is 3.85. The standard InChI is InChI=1S/C23H22FN3O3/c24-18-11-9-17(10-12-18)22-20(15-27(25-22)19-7-3-1-4-8-19)23(29)30-16-21(28)26-13-5-2-6-14-26/h1,3-4,7-12,15H,2,5-6,13-14,16H2. The van der Waals surface area contributed by atoms with Crippen LogP contribution in [0.3, 0.4) is 0 Å². The Balaban J connectivity index is 1.58. The van der Waals surface area contributed by atoms with Crippen LogP contribution in [0.2, 0.25) is 0 Å². The van der Waals surface area contributed by atoms with Crippen molar-refractivity contribution in [3.05, 3.63) is 72.2 Å². The maximum Gasteiger partial charge on any atom is 0.342 e. The Morgan fingerprint density at radius 3 is 2.37 bits per heavy atom. The Morgan fingerprint density at radius 1 is 0.967 bits per heavy atom. The molecule has 0 radical (unpaired) electrons. The summed E-state index contributed by atoms with van der Waals surface area (Å²) >= 11 is 0. The van der Waals surface area contributed by atoms with E-state index in [0.717, 1.165) is 24.9 Å². The maximum atomic E-state index is 13.4. The van der Waals surface area contributed by atoms with Crippen molar-refractivity contribution in [1.82, 2.24) is 14.7 Å². The molecule has 0 saturated carbocycles. The zero-order chi connectivity index (χ0) is 20.9. The lowest BCUT2D eigenvalue weighted by Gasteiger charge is -2.26. The fraction of sp³-hybridized carbons (Fsp3) is 0.261.